The molecule has 1 aromatic rings. The minimum absolute atomic E-state index is 0.122. The van der Waals surface area contributed by atoms with E-state index in [-0.39, 0.29) is 11.3 Å². The highest BCUT2D eigenvalue weighted by atomic mass is 32.2. The van der Waals surface area contributed by atoms with Gasteiger partial charge in [0.15, 0.2) is 0 Å². The molecule has 3 nitrogen and oxygen atoms in total. The van der Waals surface area contributed by atoms with Crippen LogP contribution in [0.2, 0.25) is 0 Å². The molecular formula is C19H26NO2S. The van der Waals surface area contributed by atoms with E-state index >= 15 is 0 Å². The Morgan fingerprint density at radius 3 is 2.61 bits per heavy atom. The molecule has 0 atom stereocenters. The molecule has 1 aliphatic carbocycles. The van der Waals surface area contributed by atoms with Gasteiger partial charge in [-0.2, -0.15) is 0 Å². The summed E-state index contributed by atoms with van der Waals surface area (Å²) in [5.74, 6) is 0.728. The fraction of sp³-hybridized carbons (Fsp3) is 0.579. The predicted molar refractivity (Wildman–Crippen MR) is 96.2 cm³/mol. The second-order valence-corrected chi connectivity index (χ2v) is 7.72. The Balaban J connectivity index is 2.16. The van der Waals surface area contributed by atoms with Crippen molar-refractivity contribution in [1.29, 1.82) is 0 Å². The molecule has 0 unspecified atom stereocenters. The van der Waals surface area contributed by atoms with E-state index in [0.717, 1.165) is 60.9 Å². The molecule has 23 heavy (non-hydrogen) atoms. The van der Waals surface area contributed by atoms with Gasteiger partial charge in [0.05, 0.1) is 5.69 Å². The van der Waals surface area contributed by atoms with E-state index in [1.54, 1.807) is 0 Å². The molecule has 1 aliphatic rings. The Morgan fingerprint density at radius 1 is 1.26 bits per heavy atom. The van der Waals surface area contributed by atoms with Crippen molar-refractivity contribution in [1.82, 2.24) is 0 Å². The highest BCUT2D eigenvalue weighted by Crippen LogP contribution is 2.42. The first kappa shape index (κ1) is 18.1. The Bertz CT molecular complexity index is 536. The molecular weight excluding hydrogens is 306 g/mol. The van der Waals surface area contributed by atoms with Crippen LogP contribution in [0.1, 0.15) is 58.8 Å². The Labute approximate surface area is 143 Å². The fourth-order valence-electron chi connectivity index (χ4n) is 3.34. The third-order valence-electron chi connectivity index (χ3n) is 4.78. The standard InChI is InChI=1S/C19H26NO2S/c1-15(2)10-13-19(11-6-3-7-12-19)18(22)20-16-8-4-5-9-17(16)23-14-21/h4-5,8-9,15H,3,6-7,10-13H2,1-2H3,(H,20,22). The third kappa shape index (κ3) is 4.84. The lowest BCUT2D eigenvalue weighted by atomic mass is 9.69. The van der Waals surface area contributed by atoms with E-state index in [4.69, 9.17) is 0 Å². The Hall–Kier alpha value is -1.29. The number of anilines is 1. The first-order chi connectivity index (χ1) is 11.1. The SMILES string of the molecule is CC(C)CCC1(C(=O)Nc2ccccc2S[C]=O)CCCCC1. The predicted octanol–water partition coefficient (Wildman–Crippen LogP) is 5.17. The molecule has 1 radical (unpaired) electrons. The van der Waals surface area contributed by atoms with Crippen LogP contribution in [-0.4, -0.2) is 11.5 Å². The lowest BCUT2D eigenvalue weighted by molar-refractivity contribution is -0.128. The summed E-state index contributed by atoms with van der Waals surface area (Å²) < 4.78 is 0. The molecule has 0 heterocycles. The van der Waals surface area contributed by atoms with Crippen molar-refractivity contribution in [3.63, 3.8) is 0 Å². The summed E-state index contributed by atoms with van der Waals surface area (Å²) in [6.45, 7) is 4.42. The summed E-state index contributed by atoms with van der Waals surface area (Å²) in [4.78, 5) is 24.5. The maximum atomic E-state index is 13.0. The normalized spacial score (nSPS) is 17.0. The number of rotatable bonds is 7. The number of para-hydroxylation sites is 1. The number of carbonyl (C=O) groups is 1. The lowest BCUT2D eigenvalue weighted by Crippen LogP contribution is -2.38. The highest BCUT2D eigenvalue weighted by Gasteiger charge is 2.39. The molecule has 0 saturated heterocycles. The van der Waals surface area contributed by atoms with Gasteiger partial charge in [0.25, 0.3) is 5.62 Å². The van der Waals surface area contributed by atoms with Crippen LogP contribution >= 0.6 is 11.8 Å². The van der Waals surface area contributed by atoms with E-state index in [1.165, 1.54) is 6.42 Å². The van der Waals surface area contributed by atoms with E-state index in [1.807, 2.05) is 29.9 Å². The molecule has 1 aromatic carbocycles. The van der Waals surface area contributed by atoms with Crippen LogP contribution in [0.15, 0.2) is 29.2 Å². The van der Waals surface area contributed by atoms with Gasteiger partial charge in [-0.15, -0.1) is 0 Å². The Kier molecular flexibility index (Phi) is 6.70. The van der Waals surface area contributed by atoms with Gasteiger partial charge in [0.2, 0.25) is 5.91 Å². The number of amides is 1. The van der Waals surface area contributed by atoms with Gasteiger partial charge >= 0.3 is 0 Å². The van der Waals surface area contributed by atoms with Crippen molar-refractivity contribution in [3.05, 3.63) is 24.3 Å². The van der Waals surface area contributed by atoms with Crippen LogP contribution in [0, 0.1) is 11.3 Å². The van der Waals surface area contributed by atoms with Gasteiger partial charge in [-0.3, -0.25) is 9.59 Å². The average Bonchev–Trinajstić information content (AvgIpc) is 2.56. The summed E-state index contributed by atoms with van der Waals surface area (Å²) in [5, 5.41) is 3.09. The zero-order valence-corrected chi connectivity index (χ0v) is 14.9. The largest absolute Gasteiger partial charge is 0.325 e. The van der Waals surface area contributed by atoms with Crippen LogP contribution < -0.4 is 5.32 Å². The van der Waals surface area contributed by atoms with Crippen molar-refractivity contribution in [2.75, 3.05) is 5.32 Å². The minimum Gasteiger partial charge on any atom is -0.325 e. The summed E-state index contributed by atoms with van der Waals surface area (Å²) in [6, 6.07) is 7.44. The quantitative estimate of drug-likeness (QED) is 0.701. The fourth-order valence-corrected chi connectivity index (χ4v) is 3.81. The van der Waals surface area contributed by atoms with Crippen LogP contribution in [-0.2, 0) is 9.59 Å². The van der Waals surface area contributed by atoms with Crippen molar-refractivity contribution >= 4 is 29.0 Å². The number of hydrogen-bond acceptors (Lipinski definition) is 3. The van der Waals surface area contributed by atoms with Crippen LogP contribution in [0.25, 0.3) is 0 Å². The average molecular weight is 332 g/mol. The summed E-state index contributed by atoms with van der Waals surface area (Å²) >= 11 is 0.987. The first-order valence-electron chi connectivity index (χ1n) is 8.52. The molecule has 1 saturated carbocycles. The van der Waals surface area contributed by atoms with E-state index in [2.05, 4.69) is 19.2 Å². The number of benzene rings is 1. The van der Waals surface area contributed by atoms with Gasteiger partial charge in [-0.1, -0.05) is 45.2 Å². The van der Waals surface area contributed by atoms with Gasteiger partial charge in [0.1, 0.15) is 0 Å². The molecule has 2 rings (SSSR count). The Morgan fingerprint density at radius 2 is 1.96 bits per heavy atom. The third-order valence-corrected chi connectivity index (χ3v) is 5.44. The molecule has 1 fully saturated rings. The zero-order chi connectivity index (χ0) is 16.7. The van der Waals surface area contributed by atoms with Crippen molar-refractivity contribution in [2.24, 2.45) is 11.3 Å². The van der Waals surface area contributed by atoms with Gasteiger partial charge in [0, 0.05) is 10.3 Å². The van der Waals surface area contributed by atoms with Crippen LogP contribution in [0.5, 0.6) is 0 Å². The van der Waals surface area contributed by atoms with E-state index < -0.39 is 0 Å². The topological polar surface area (TPSA) is 46.2 Å². The molecule has 125 valence electrons. The van der Waals surface area contributed by atoms with E-state index in [9.17, 15) is 9.59 Å². The molecule has 4 heteroatoms. The number of hydrogen-bond donors (Lipinski definition) is 1. The number of nitrogens with one attached hydrogen (secondary N) is 1. The van der Waals surface area contributed by atoms with Gasteiger partial charge in [-0.25, -0.2) is 0 Å². The number of carbonyl (C=O) groups excluding carboxylic acids is 2. The molecule has 1 N–H and O–H groups in total. The lowest BCUT2D eigenvalue weighted by Gasteiger charge is -2.36. The zero-order valence-electron chi connectivity index (χ0n) is 14.1. The summed E-state index contributed by atoms with van der Waals surface area (Å²) in [6.07, 6.45) is 7.45. The highest BCUT2D eigenvalue weighted by molar-refractivity contribution is 8.12. The second-order valence-electron chi connectivity index (χ2n) is 6.91. The van der Waals surface area contributed by atoms with Gasteiger partial charge in [-0.05, 0) is 55.5 Å². The van der Waals surface area contributed by atoms with Gasteiger partial charge < -0.3 is 5.32 Å². The van der Waals surface area contributed by atoms with Crippen LogP contribution in [0.4, 0.5) is 5.69 Å². The summed E-state index contributed by atoms with van der Waals surface area (Å²) in [5.41, 5.74) is 2.32. The molecule has 0 aliphatic heterocycles. The number of thioether (sulfide) groups is 1. The minimum atomic E-state index is -0.245. The van der Waals surface area contributed by atoms with Crippen LogP contribution in [0.3, 0.4) is 0 Å². The first-order valence-corrected chi connectivity index (χ1v) is 9.33. The maximum absolute atomic E-state index is 13.0. The monoisotopic (exact) mass is 332 g/mol. The van der Waals surface area contributed by atoms with E-state index in [0.29, 0.717) is 5.92 Å². The molecule has 0 aromatic heterocycles. The second kappa shape index (κ2) is 8.53. The van der Waals surface area contributed by atoms with Crippen molar-refractivity contribution < 1.29 is 9.59 Å². The molecule has 1 amide bonds. The molecule has 0 spiro atoms. The summed E-state index contributed by atoms with van der Waals surface area (Å²) in [7, 11) is 0. The smallest absolute Gasteiger partial charge is 0.271 e. The van der Waals surface area contributed by atoms with Crippen molar-refractivity contribution in [3.8, 4) is 0 Å². The molecule has 0 bridgehead atoms. The van der Waals surface area contributed by atoms with Crippen molar-refractivity contribution in [2.45, 2.75) is 63.7 Å². The maximum Gasteiger partial charge on any atom is 0.271 e.